The molecule has 0 saturated heterocycles. The fourth-order valence-corrected chi connectivity index (χ4v) is 2.85. The highest BCUT2D eigenvalue weighted by molar-refractivity contribution is 5.43. The highest BCUT2D eigenvalue weighted by atomic mass is 16.5. The number of rotatable bonds is 9. The molecule has 0 fully saturated rings. The summed E-state index contributed by atoms with van der Waals surface area (Å²) in [6.07, 6.45) is 6.58. The first-order valence-corrected chi connectivity index (χ1v) is 7.60. The maximum absolute atomic E-state index is 10.1. The third-order valence-corrected chi connectivity index (χ3v) is 3.78. The summed E-state index contributed by atoms with van der Waals surface area (Å²) < 4.78 is 5.84. The summed E-state index contributed by atoms with van der Waals surface area (Å²) >= 11 is 0. The van der Waals surface area contributed by atoms with Gasteiger partial charge in [0.15, 0.2) is 0 Å². The van der Waals surface area contributed by atoms with E-state index in [0.29, 0.717) is 13.2 Å². The molecule has 0 amide bonds. The third-order valence-electron chi connectivity index (χ3n) is 3.78. The van der Waals surface area contributed by atoms with E-state index in [4.69, 9.17) is 4.74 Å². The maximum Gasteiger partial charge on any atom is 0.122 e. The Morgan fingerprint density at radius 2 is 2.00 bits per heavy atom. The normalized spacial score (nSPS) is 14.8. The Bertz CT molecular complexity index is 474. The Balaban J connectivity index is 1.86. The van der Waals surface area contributed by atoms with Gasteiger partial charge in [0.1, 0.15) is 18.5 Å². The van der Waals surface area contributed by atoms with Crippen molar-refractivity contribution in [3.05, 3.63) is 54.6 Å². The zero-order valence-corrected chi connectivity index (χ0v) is 12.6. The molecule has 0 aliphatic heterocycles. The molecule has 0 spiro atoms. The lowest BCUT2D eigenvalue weighted by Gasteiger charge is -2.22. The first kappa shape index (κ1) is 15.8. The highest BCUT2D eigenvalue weighted by Gasteiger charge is 2.16. The zero-order chi connectivity index (χ0) is 15.1. The van der Waals surface area contributed by atoms with Crippen LogP contribution < -0.4 is 4.74 Å². The molecule has 1 aliphatic carbocycles. The van der Waals surface area contributed by atoms with Crippen LogP contribution in [0, 0.1) is 0 Å². The van der Waals surface area contributed by atoms with Gasteiger partial charge in [-0.05, 0) is 36.5 Å². The molecule has 21 heavy (non-hydrogen) atoms. The second-order valence-electron chi connectivity index (χ2n) is 5.51. The largest absolute Gasteiger partial charge is 0.491 e. The third kappa shape index (κ3) is 4.45. The Morgan fingerprint density at radius 1 is 1.24 bits per heavy atom. The number of nitrogens with zero attached hydrogens (tertiary/aromatic N) is 1. The van der Waals surface area contributed by atoms with Gasteiger partial charge in [0.05, 0.1) is 0 Å². The molecule has 1 N–H and O–H groups in total. The van der Waals surface area contributed by atoms with Crippen molar-refractivity contribution in [2.24, 2.45) is 0 Å². The van der Waals surface area contributed by atoms with Gasteiger partial charge in [-0.15, -0.1) is 13.2 Å². The fourth-order valence-electron chi connectivity index (χ4n) is 2.85. The lowest BCUT2D eigenvalue weighted by Crippen LogP contribution is -2.36. The molecule has 0 bridgehead atoms. The van der Waals surface area contributed by atoms with E-state index >= 15 is 0 Å². The van der Waals surface area contributed by atoms with Crippen LogP contribution in [0.4, 0.5) is 0 Å². The van der Waals surface area contributed by atoms with Crippen molar-refractivity contribution >= 4 is 0 Å². The van der Waals surface area contributed by atoms with E-state index in [1.807, 2.05) is 24.3 Å². The number of benzene rings is 1. The summed E-state index contributed by atoms with van der Waals surface area (Å²) in [5, 5.41) is 10.1. The van der Waals surface area contributed by atoms with E-state index in [0.717, 1.165) is 31.7 Å². The molecule has 2 rings (SSSR count). The predicted molar refractivity (Wildman–Crippen MR) is 86.8 cm³/mol. The number of ether oxygens (including phenoxy) is 1. The molecule has 3 heteroatoms. The van der Waals surface area contributed by atoms with Crippen molar-refractivity contribution in [3.8, 4) is 5.75 Å². The molecule has 1 aromatic rings. The predicted octanol–water partition coefficient (Wildman–Crippen LogP) is 2.59. The molecule has 1 atom stereocenters. The van der Waals surface area contributed by atoms with Crippen LogP contribution in [0.1, 0.15) is 17.5 Å². The number of aliphatic hydroxyl groups excluding tert-OH is 1. The van der Waals surface area contributed by atoms with Crippen molar-refractivity contribution in [2.75, 3.05) is 26.2 Å². The van der Waals surface area contributed by atoms with Crippen molar-refractivity contribution in [1.82, 2.24) is 4.90 Å². The molecule has 1 unspecified atom stereocenters. The summed E-state index contributed by atoms with van der Waals surface area (Å²) in [5.41, 5.74) is 2.71. The van der Waals surface area contributed by atoms with E-state index in [9.17, 15) is 5.11 Å². The molecular weight excluding hydrogens is 262 g/mol. The first-order valence-electron chi connectivity index (χ1n) is 7.60. The van der Waals surface area contributed by atoms with Crippen molar-refractivity contribution in [2.45, 2.75) is 25.4 Å². The molecule has 0 radical (unpaired) electrons. The minimum absolute atomic E-state index is 0.321. The summed E-state index contributed by atoms with van der Waals surface area (Å²) in [6.45, 7) is 9.83. The van der Waals surface area contributed by atoms with Gasteiger partial charge in [-0.25, -0.2) is 0 Å². The molecule has 1 aromatic carbocycles. The summed E-state index contributed by atoms with van der Waals surface area (Å²) in [4.78, 5) is 2.09. The molecule has 0 heterocycles. The zero-order valence-electron chi connectivity index (χ0n) is 12.6. The van der Waals surface area contributed by atoms with Gasteiger partial charge in [0.2, 0.25) is 0 Å². The van der Waals surface area contributed by atoms with E-state index in [-0.39, 0.29) is 0 Å². The van der Waals surface area contributed by atoms with Crippen molar-refractivity contribution in [1.29, 1.82) is 0 Å². The minimum atomic E-state index is -0.512. The molecular formula is C18H25NO2. The highest BCUT2D eigenvalue weighted by Crippen LogP contribution is 2.30. The number of hydrogen-bond donors (Lipinski definition) is 1. The summed E-state index contributed by atoms with van der Waals surface area (Å²) in [5.74, 6) is 0.933. The van der Waals surface area contributed by atoms with Gasteiger partial charge in [0.25, 0.3) is 0 Å². The van der Waals surface area contributed by atoms with Gasteiger partial charge in [-0.3, -0.25) is 4.90 Å². The van der Waals surface area contributed by atoms with Crippen molar-refractivity contribution in [3.63, 3.8) is 0 Å². The topological polar surface area (TPSA) is 32.7 Å². The average molecular weight is 287 g/mol. The molecule has 114 valence electrons. The van der Waals surface area contributed by atoms with E-state index < -0.39 is 6.10 Å². The lowest BCUT2D eigenvalue weighted by molar-refractivity contribution is 0.0751. The maximum atomic E-state index is 10.1. The smallest absolute Gasteiger partial charge is 0.122 e. The lowest BCUT2D eigenvalue weighted by atomic mass is 10.1. The van der Waals surface area contributed by atoms with Crippen LogP contribution >= 0.6 is 0 Å². The molecule has 3 nitrogen and oxygen atoms in total. The van der Waals surface area contributed by atoms with Gasteiger partial charge >= 0.3 is 0 Å². The molecule has 0 aromatic heterocycles. The Kier molecular flexibility index (Phi) is 6.03. The summed E-state index contributed by atoms with van der Waals surface area (Å²) in [6, 6.07) is 6.21. The van der Waals surface area contributed by atoms with Crippen LogP contribution in [0.5, 0.6) is 5.75 Å². The number of fused-ring (bicyclic) bond motifs is 1. The molecule has 0 saturated carbocycles. The first-order chi connectivity index (χ1) is 10.2. The SMILES string of the molecule is C=CCN(CC=C)CC(O)COc1cccc2c1CCC2. The van der Waals surface area contributed by atoms with Crippen LogP contribution in [0.2, 0.25) is 0 Å². The number of hydrogen-bond acceptors (Lipinski definition) is 3. The van der Waals surface area contributed by atoms with Gasteiger partial charge in [-0.1, -0.05) is 24.3 Å². The Labute approximate surface area is 127 Å². The Hall–Kier alpha value is -1.58. The average Bonchev–Trinajstić information content (AvgIpc) is 2.94. The minimum Gasteiger partial charge on any atom is -0.491 e. The summed E-state index contributed by atoms with van der Waals surface area (Å²) in [7, 11) is 0. The van der Waals surface area contributed by atoms with E-state index in [1.165, 1.54) is 17.5 Å². The number of aryl methyl sites for hydroxylation is 1. The quantitative estimate of drug-likeness (QED) is 0.709. The van der Waals surface area contributed by atoms with Crippen LogP contribution in [0.3, 0.4) is 0 Å². The molecule has 1 aliphatic rings. The van der Waals surface area contributed by atoms with Gasteiger partial charge in [0, 0.05) is 19.6 Å². The standard InChI is InChI=1S/C18H25NO2/c1-3-11-19(12-4-2)13-16(20)14-21-18-10-6-8-15-7-5-9-17(15)18/h3-4,6,8,10,16,20H,1-2,5,7,9,11-14H2. The fraction of sp³-hybridized carbons (Fsp3) is 0.444. The van der Waals surface area contributed by atoms with Crippen LogP contribution in [0.15, 0.2) is 43.5 Å². The Morgan fingerprint density at radius 3 is 2.71 bits per heavy atom. The second-order valence-corrected chi connectivity index (χ2v) is 5.51. The monoisotopic (exact) mass is 287 g/mol. The van der Waals surface area contributed by atoms with Crippen LogP contribution in [-0.4, -0.2) is 42.4 Å². The van der Waals surface area contributed by atoms with Crippen LogP contribution in [-0.2, 0) is 12.8 Å². The van der Waals surface area contributed by atoms with E-state index in [1.54, 1.807) is 0 Å². The van der Waals surface area contributed by atoms with Crippen LogP contribution in [0.25, 0.3) is 0 Å². The van der Waals surface area contributed by atoms with E-state index in [2.05, 4.69) is 24.1 Å². The van der Waals surface area contributed by atoms with Gasteiger partial charge < -0.3 is 9.84 Å². The second kappa shape index (κ2) is 8.01. The number of aliphatic hydroxyl groups is 1. The van der Waals surface area contributed by atoms with Crippen molar-refractivity contribution < 1.29 is 9.84 Å². The van der Waals surface area contributed by atoms with Gasteiger partial charge in [-0.2, -0.15) is 0 Å².